The SMILES string of the molecule is O=c1[nH]ncn1-c1ccc2c(c1)OCCO2. The molecule has 3 rings (SSSR count). The van der Waals surface area contributed by atoms with Crippen LogP contribution in [0.4, 0.5) is 0 Å². The van der Waals surface area contributed by atoms with Gasteiger partial charge in [-0.1, -0.05) is 0 Å². The Morgan fingerprint density at radius 3 is 2.81 bits per heavy atom. The second-order valence-corrected chi connectivity index (χ2v) is 3.36. The van der Waals surface area contributed by atoms with Crippen LogP contribution in [0.1, 0.15) is 0 Å². The van der Waals surface area contributed by atoms with Gasteiger partial charge in [-0.3, -0.25) is 0 Å². The molecule has 0 bridgehead atoms. The van der Waals surface area contributed by atoms with Crippen LogP contribution >= 0.6 is 0 Å². The van der Waals surface area contributed by atoms with E-state index in [0.29, 0.717) is 30.4 Å². The molecule has 0 spiro atoms. The number of rotatable bonds is 1. The van der Waals surface area contributed by atoms with Crippen LogP contribution in [-0.4, -0.2) is 28.0 Å². The number of hydrogen-bond acceptors (Lipinski definition) is 4. The quantitative estimate of drug-likeness (QED) is 0.750. The van der Waals surface area contributed by atoms with Crippen LogP contribution in [0.25, 0.3) is 5.69 Å². The van der Waals surface area contributed by atoms with E-state index in [1.165, 1.54) is 10.9 Å². The van der Waals surface area contributed by atoms with Crippen LogP contribution in [0.2, 0.25) is 0 Å². The Labute approximate surface area is 90.4 Å². The molecule has 0 fully saturated rings. The Hall–Kier alpha value is -2.24. The molecule has 0 saturated heterocycles. The summed E-state index contributed by atoms with van der Waals surface area (Å²) in [7, 11) is 0. The zero-order valence-corrected chi connectivity index (χ0v) is 8.34. The number of fused-ring (bicyclic) bond motifs is 1. The second-order valence-electron chi connectivity index (χ2n) is 3.36. The normalized spacial score (nSPS) is 13.8. The van der Waals surface area contributed by atoms with Gasteiger partial charge in [0.05, 0.1) is 5.69 Å². The van der Waals surface area contributed by atoms with Crippen molar-refractivity contribution in [2.45, 2.75) is 0 Å². The molecule has 1 N–H and O–H groups in total. The van der Waals surface area contributed by atoms with Gasteiger partial charge in [-0.15, -0.1) is 0 Å². The first-order valence-corrected chi connectivity index (χ1v) is 4.86. The lowest BCUT2D eigenvalue weighted by Gasteiger charge is -2.18. The summed E-state index contributed by atoms with van der Waals surface area (Å²) in [5.74, 6) is 1.35. The van der Waals surface area contributed by atoms with Crippen molar-refractivity contribution < 1.29 is 9.47 Å². The number of benzene rings is 1. The van der Waals surface area contributed by atoms with Crippen molar-refractivity contribution in [3.05, 3.63) is 35.0 Å². The average Bonchev–Trinajstić information content (AvgIpc) is 2.75. The number of nitrogens with one attached hydrogen (secondary N) is 1. The predicted octanol–water partition coefficient (Wildman–Crippen LogP) is 0.332. The molecule has 1 aliphatic heterocycles. The van der Waals surface area contributed by atoms with E-state index >= 15 is 0 Å². The summed E-state index contributed by atoms with van der Waals surface area (Å²) in [5.41, 5.74) is 0.416. The van der Waals surface area contributed by atoms with Crippen LogP contribution in [0.15, 0.2) is 29.3 Å². The standard InChI is InChI=1S/C10H9N3O3/c14-10-12-11-6-13(10)7-1-2-8-9(5-7)16-4-3-15-8/h1-2,5-6H,3-4H2,(H,12,14). The van der Waals surface area contributed by atoms with Crippen LogP contribution in [0.3, 0.4) is 0 Å². The van der Waals surface area contributed by atoms with Gasteiger partial charge in [0.1, 0.15) is 19.5 Å². The predicted molar refractivity (Wildman–Crippen MR) is 55.2 cm³/mol. The number of hydrogen-bond donors (Lipinski definition) is 1. The highest BCUT2D eigenvalue weighted by Crippen LogP contribution is 2.31. The monoisotopic (exact) mass is 219 g/mol. The van der Waals surface area contributed by atoms with Gasteiger partial charge in [0, 0.05) is 6.07 Å². The molecule has 0 aliphatic carbocycles. The minimum absolute atomic E-state index is 0.281. The number of ether oxygens (including phenoxy) is 2. The summed E-state index contributed by atoms with van der Waals surface area (Å²) in [6, 6.07) is 5.32. The van der Waals surface area contributed by atoms with Gasteiger partial charge in [0.25, 0.3) is 0 Å². The van der Waals surface area contributed by atoms with E-state index in [0.717, 1.165) is 0 Å². The topological polar surface area (TPSA) is 69.1 Å². The molecule has 0 radical (unpaired) electrons. The highest BCUT2D eigenvalue weighted by molar-refractivity contribution is 5.49. The van der Waals surface area contributed by atoms with Gasteiger partial charge in [-0.25, -0.2) is 14.5 Å². The minimum Gasteiger partial charge on any atom is -0.486 e. The first-order valence-electron chi connectivity index (χ1n) is 4.86. The van der Waals surface area contributed by atoms with E-state index in [-0.39, 0.29) is 5.69 Å². The van der Waals surface area contributed by atoms with Crippen molar-refractivity contribution in [1.82, 2.24) is 14.8 Å². The van der Waals surface area contributed by atoms with Crippen molar-refractivity contribution in [2.24, 2.45) is 0 Å². The van der Waals surface area contributed by atoms with Crippen molar-refractivity contribution in [3.8, 4) is 17.2 Å². The van der Waals surface area contributed by atoms with Gasteiger partial charge < -0.3 is 9.47 Å². The molecule has 0 atom stereocenters. The second kappa shape index (κ2) is 3.41. The van der Waals surface area contributed by atoms with Crippen LogP contribution in [0, 0.1) is 0 Å². The lowest BCUT2D eigenvalue weighted by Crippen LogP contribution is -2.17. The Bertz CT molecular complexity index is 573. The molecule has 1 aromatic heterocycles. The summed E-state index contributed by atoms with van der Waals surface area (Å²) in [4.78, 5) is 11.4. The van der Waals surface area contributed by atoms with E-state index in [4.69, 9.17) is 9.47 Å². The molecule has 0 unspecified atom stereocenters. The Morgan fingerprint density at radius 1 is 1.25 bits per heavy atom. The molecule has 1 aliphatic rings. The first kappa shape index (κ1) is 9.02. The van der Waals surface area contributed by atoms with E-state index in [1.807, 2.05) is 0 Å². The largest absolute Gasteiger partial charge is 0.486 e. The number of nitrogens with zero attached hydrogens (tertiary/aromatic N) is 2. The average molecular weight is 219 g/mol. The van der Waals surface area contributed by atoms with Crippen LogP contribution in [-0.2, 0) is 0 Å². The highest BCUT2D eigenvalue weighted by Gasteiger charge is 2.12. The fraction of sp³-hybridized carbons (Fsp3) is 0.200. The zero-order chi connectivity index (χ0) is 11.0. The fourth-order valence-corrected chi connectivity index (χ4v) is 1.61. The summed E-state index contributed by atoms with van der Waals surface area (Å²) in [6.45, 7) is 1.08. The molecule has 6 nitrogen and oxygen atoms in total. The summed E-state index contributed by atoms with van der Waals surface area (Å²) < 4.78 is 12.2. The Balaban J connectivity index is 2.10. The fourth-order valence-electron chi connectivity index (χ4n) is 1.61. The Morgan fingerprint density at radius 2 is 2.06 bits per heavy atom. The Kier molecular flexibility index (Phi) is 1.92. The lowest BCUT2D eigenvalue weighted by molar-refractivity contribution is 0.171. The molecule has 0 saturated carbocycles. The maximum Gasteiger partial charge on any atom is 0.347 e. The van der Waals surface area contributed by atoms with Crippen molar-refractivity contribution >= 4 is 0 Å². The molecule has 6 heteroatoms. The van der Waals surface area contributed by atoms with Gasteiger partial charge in [-0.2, -0.15) is 5.10 Å². The third kappa shape index (κ3) is 1.35. The van der Waals surface area contributed by atoms with Gasteiger partial charge >= 0.3 is 5.69 Å². The molecule has 16 heavy (non-hydrogen) atoms. The molecular weight excluding hydrogens is 210 g/mol. The highest BCUT2D eigenvalue weighted by atomic mass is 16.6. The molecule has 82 valence electrons. The maximum atomic E-state index is 11.4. The smallest absolute Gasteiger partial charge is 0.347 e. The molecule has 1 aromatic carbocycles. The van der Waals surface area contributed by atoms with E-state index in [2.05, 4.69) is 10.2 Å². The molecule has 2 aromatic rings. The third-order valence-corrected chi connectivity index (χ3v) is 2.36. The summed E-state index contributed by atoms with van der Waals surface area (Å²) >= 11 is 0. The van der Waals surface area contributed by atoms with Crippen molar-refractivity contribution in [1.29, 1.82) is 0 Å². The molecule has 0 amide bonds. The van der Waals surface area contributed by atoms with E-state index in [1.54, 1.807) is 18.2 Å². The van der Waals surface area contributed by atoms with Gasteiger partial charge in [-0.05, 0) is 12.1 Å². The number of H-pyrrole nitrogens is 1. The van der Waals surface area contributed by atoms with Gasteiger partial charge in [0.2, 0.25) is 0 Å². The lowest BCUT2D eigenvalue weighted by atomic mass is 10.2. The summed E-state index contributed by atoms with van der Waals surface area (Å²) in [5, 5.41) is 6.00. The van der Waals surface area contributed by atoms with Gasteiger partial charge in [0.15, 0.2) is 11.5 Å². The third-order valence-electron chi connectivity index (χ3n) is 2.36. The van der Waals surface area contributed by atoms with E-state index in [9.17, 15) is 4.79 Å². The minimum atomic E-state index is -0.281. The number of aromatic nitrogens is 3. The first-order chi connectivity index (χ1) is 7.84. The van der Waals surface area contributed by atoms with Crippen LogP contribution < -0.4 is 15.2 Å². The van der Waals surface area contributed by atoms with Crippen LogP contribution in [0.5, 0.6) is 11.5 Å². The summed E-state index contributed by atoms with van der Waals surface area (Å²) in [6.07, 6.45) is 1.42. The maximum absolute atomic E-state index is 11.4. The van der Waals surface area contributed by atoms with Crippen molar-refractivity contribution in [2.75, 3.05) is 13.2 Å². The zero-order valence-electron chi connectivity index (χ0n) is 8.34. The molecule has 2 heterocycles. The van der Waals surface area contributed by atoms with E-state index < -0.39 is 0 Å². The number of aromatic amines is 1. The van der Waals surface area contributed by atoms with Crippen molar-refractivity contribution in [3.63, 3.8) is 0 Å². The molecular formula is C10H9N3O3.